The fraction of sp³-hybridized carbons (Fsp3) is 0.467. The lowest BCUT2D eigenvalue weighted by Crippen LogP contribution is -2.40. The molecule has 0 radical (unpaired) electrons. The summed E-state index contributed by atoms with van der Waals surface area (Å²) in [6.45, 7) is 1.64. The molecule has 0 aliphatic heterocycles. The second-order valence-corrected chi connectivity index (χ2v) is 5.86. The molecule has 12 heteroatoms. The second-order valence-electron chi connectivity index (χ2n) is 5.86. The molecule has 0 unspecified atom stereocenters. The Hall–Kier alpha value is -3.28. The molecule has 3 aromatic heterocycles. The summed E-state index contributed by atoms with van der Waals surface area (Å²) in [7, 11) is 3.25. The second kappa shape index (κ2) is 7.53. The Bertz CT molecular complexity index is 1090. The Morgan fingerprint density at radius 1 is 1.22 bits per heavy atom. The van der Waals surface area contributed by atoms with Gasteiger partial charge in [0, 0.05) is 21.0 Å². The molecule has 0 saturated heterocycles. The normalized spacial score (nSPS) is 11.2. The van der Waals surface area contributed by atoms with Crippen LogP contribution in [0.1, 0.15) is 12.6 Å². The highest BCUT2D eigenvalue weighted by atomic mass is 16.6. The maximum Gasteiger partial charge on any atom is 0.332 e. The summed E-state index contributed by atoms with van der Waals surface area (Å²) in [4.78, 5) is 40.1. The number of aryl methyl sites for hydroxylation is 2. The highest BCUT2D eigenvalue weighted by molar-refractivity contribution is 5.69. The zero-order chi connectivity index (χ0) is 19.6. The topological polar surface area (TPSA) is 128 Å². The molecule has 0 bridgehead atoms. The maximum atomic E-state index is 12.7. The lowest BCUT2D eigenvalue weighted by Gasteiger charge is -2.10. The summed E-state index contributed by atoms with van der Waals surface area (Å²) >= 11 is 0. The van der Waals surface area contributed by atoms with Crippen LogP contribution in [0.3, 0.4) is 0 Å². The summed E-state index contributed by atoms with van der Waals surface area (Å²) in [5.74, 6) is -0.388. The van der Waals surface area contributed by atoms with Crippen LogP contribution in [-0.4, -0.2) is 52.9 Å². The number of esters is 1. The van der Waals surface area contributed by atoms with Crippen LogP contribution in [0.4, 0.5) is 0 Å². The van der Waals surface area contributed by atoms with E-state index in [1.165, 1.54) is 28.7 Å². The molecular weight excluding hydrogens is 358 g/mol. The van der Waals surface area contributed by atoms with Gasteiger partial charge in [-0.3, -0.25) is 18.7 Å². The first-order valence-corrected chi connectivity index (χ1v) is 8.09. The average molecular weight is 377 g/mol. The third-order valence-electron chi connectivity index (χ3n) is 3.97. The highest BCUT2D eigenvalue weighted by Crippen LogP contribution is 2.04. The SMILES string of the molecule is CC(=O)OCCOCn1nncc1Cn1c(=O)c2c(ncn2C)n(C)c1=O. The molecule has 27 heavy (non-hydrogen) atoms. The third kappa shape index (κ3) is 3.65. The molecule has 0 saturated carbocycles. The standard InChI is InChI=1S/C15H19N7O5/c1-10(23)27-5-4-26-9-22-11(6-17-18-22)7-21-14(24)12-13(16-8-19(12)2)20(3)15(21)25/h6,8H,4-5,7,9H2,1-3H3. The van der Waals surface area contributed by atoms with Gasteiger partial charge in [0.25, 0.3) is 5.56 Å². The number of aromatic nitrogens is 7. The van der Waals surface area contributed by atoms with Crippen LogP contribution in [0.25, 0.3) is 11.2 Å². The number of imidazole rings is 1. The number of fused-ring (bicyclic) bond motifs is 1. The van der Waals surface area contributed by atoms with Crippen LogP contribution >= 0.6 is 0 Å². The van der Waals surface area contributed by atoms with E-state index in [1.54, 1.807) is 18.7 Å². The zero-order valence-electron chi connectivity index (χ0n) is 15.2. The van der Waals surface area contributed by atoms with Crippen LogP contribution in [0.2, 0.25) is 0 Å². The summed E-state index contributed by atoms with van der Waals surface area (Å²) in [6, 6.07) is 0. The fourth-order valence-electron chi connectivity index (χ4n) is 2.60. The van der Waals surface area contributed by atoms with Gasteiger partial charge in [-0.1, -0.05) is 5.21 Å². The Balaban J connectivity index is 1.82. The molecule has 0 aromatic carbocycles. The van der Waals surface area contributed by atoms with Gasteiger partial charge < -0.3 is 14.0 Å². The van der Waals surface area contributed by atoms with E-state index in [-0.39, 0.29) is 32.5 Å². The average Bonchev–Trinajstić information content (AvgIpc) is 3.23. The minimum atomic E-state index is -0.491. The van der Waals surface area contributed by atoms with Crippen molar-refractivity contribution in [3.05, 3.63) is 39.1 Å². The van der Waals surface area contributed by atoms with E-state index in [9.17, 15) is 14.4 Å². The van der Waals surface area contributed by atoms with Crippen molar-refractivity contribution in [2.45, 2.75) is 20.2 Å². The molecule has 0 aliphatic carbocycles. The molecular formula is C15H19N7O5. The Labute approximate surface area is 152 Å². The Morgan fingerprint density at radius 2 is 2.00 bits per heavy atom. The van der Waals surface area contributed by atoms with Crippen molar-refractivity contribution in [1.29, 1.82) is 0 Å². The molecule has 0 spiro atoms. The van der Waals surface area contributed by atoms with Gasteiger partial charge in [0.05, 0.1) is 31.4 Å². The lowest BCUT2D eigenvalue weighted by molar-refractivity contribution is -0.143. The van der Waals surface area contributed by atoms with Crippen LogP contribution in [0, 0.1) is 0 Å². The molecule has 3 heterocycles. The van der Waals surface area contributed by atoms with Crippen molar-refractivity contribution in [2.75, 3.05) is 13.2 Å². The minimum absolute atomic E-state index is 0.0209. The van der Waals surface area contributed by atoms with Gasteiger partial charge in [-0.05, 0) is 0 Å². The van der Waals surface area contributed by atoms with Crippen LogP contribution in [-0.2, 0) is 41.6 Å². The predicted molar refractivity (Wildman–Crippen MR) is 91.9 cm³/mol. The van der Waals surface area contributed by atoms with E-state index in [1.807, 2.05) is 0 Å². The van der Waals surface area contributed by atoms with Gasteiger partial charge in [0.1, 0.15) is 13.3 Å². The number of carbonyl (C=O) groups excluding carboxylic acids is 1. The lowest BCUT2D eigenvalue weighted by atomic mass is 10.4. The molecule has 3 aromatic rings. The number of carbonyl (C=O) groups is 1. The molecule has 0 atom stereocenters. The van der Waals surface area contributed by atoms with Crippen LogP contribution < -0.4 is 11.2 Å². The molecule has 0 N–H and O–H groups in total. The molecule has 3 rings (SSSR count). The highest BCUT2D eigenvalue weighted by Gasteiger charge is 2.16. The summed E-state index contributed by atoms with van der Waals surface area (Å²) < 4.78 is 15.5. The van der Waals surface area contributed by atoms with E-state index in [0.29, 0.717) is 16.9 Å². The number of ether oxygens (including phenoxy) is 2. The van der Waals surface area contributed by atoms with Crippen molar-refractivity contribution in [3.63, 3.8) is 0 Å². The Kier molecular flexibility index (Phi) is 5.16. The first-order chi connectivity index (χ1) is 12.9. The van der Waals surface area contributed by atoms with Crippen molar-refractivity contribution >= 4 is 17.1 Å². The Morgan fingerprint density at radius 3 is 2.74 bits per heavy atom. The van der Waals surface area contributed by atoms with Crippen LogP contribution in [0.15, 0.2) is 22.1 Å². The first-order valence-electron chi connectivity index (χ1n) is 8.09. The van der Waals surface area contributed by atoms with Gasteiger partial charge >= 0.3 is 11.7 Å². The van der Waals surface area contributed by atoms with E-state index in [4.69, 9.17) is 9.47 Å². The number of hydrogen-bond donors (Lipinski definition) is 0. The quantitative estimate of drug-likeness (QED) is 0.364. The third-order valence-corrected chi connectivity index (χ3v) is 3.97. The molecule has 0 amide bonds. The van der Waals surface area contributed by atoms with Crippen LogP contribution in [0.5, 0.6) is 0 Å². The smallest absolute Gasteiger partial charge is 0.332 e. The molecule has 0 aliphatic rings. The predicted octanol–water partition coefficient (Wildman–Crippen LogP) is -1.39. The van der Waals surface area contributed by atoms with Crippen molar-refractivity contribution in [1.82, 2.24) is 33.7 Å². The fourth-order valence-corrected chi connectivity index (χ4v) is 2.60. The van der Waals surface area contributed by atoms with E-state index < -0.39 is 11.2 Å². The minimum Gasteiger partial charge on any atom is -0.463 e. The zero-order valence-corrected chi connectivity index (χ0v) is 15.2. The van der Waals surface area contributed by atoms with Gasteiger partial charge in [-0.25, -0.2) is 14.5 Å². The molecule has 144 valence electrons. The van der Waals surface area contributed by atoms with E-state index in [2.05, 4.69) is 15.3 Å². The first kappa shape index (κ1) is 18.5. The van der Waals surface area contributed by atoms with Gasteiger partial charge in [-0.15, -0.1) is 5.10 Å². The summed E-state index contributed by atoms with van der Waals surface area (Å²) in [5.41, 5.74) is 0.229. The van der Waals surface area contributed by atoms with E-state index in [0.717, 1.165) is 4.57 Å². The van der Waals surface area contributed by atoms with Gasteiger partial charge in [-0.2, -0.15) is 0 Å². The molecule has 0 fully saturated rings. The number of hydrogen-bond acceptors (Lipinski definition) is 8. The van der Waals surface area contributed by atoms with Gasteiger partial charge in [0.2, 0.25) is 0 Å². The van der Waals surface area contributed by atoms with Crippen molar-refractivity contribution < 1.29 is 14.3 Å². The van der Waals surface area contributed by atoms with E-state index >= 15 is 0 Å². The summed E-state index contributed by atoms with van der Waals surface area (Å²) in [6.07, 6.45) is 2.94. The summed E-state index contributed by atoms with van der Waals surface area (Å²) in [5, 5.41) is 7.69. The number of nitrogens with zero attached hydrogens (tertiary/aromatic N) is 7. The monoisotopic (exact) mass is 377 g/mol. The van der Waals surface area contributed by atoms with Gasteiger partial charge in [0.15, 0.2) is 11.2 Å². The largest absolute Gasteiger partial charge is 0.463 e. The van der Waals surface area contributed by atoms with Crippen molar-refractivity contribution in [2.24, 2.45) is 14.1 Å². The van der Waals surface area contributed by atoms with Crippen molar-refractivity contribution in [3.8, 4) is 0 Å². The number of rotatable bonds is 7. The maximum absolute atomic E-state index is 12.7. The molecule has 12 nitrogen and oxygen atoms in total.